The van der Waals surface area contributed by atoms with Crippen molar-refractivity contribution in [1.29, 1.82) is 0 Å². The van der Waals surface area contributed by atoms with Crippen LogP contribution in [0.25, 0.3) is 6.08 Å². The molecular formula is C18H14Cl2N2O3S2. The summed E-state index contributed by atoms with van der Waals surface area (Å²) in [7, 11) is 0. The molecular weight excluding hydrogens is 427 g/mol. The van der Waals surface area contributed by atoms with Crippen molar-refractivity contribution in [2.75, 3.05) is 13.1 Å². The number of thioether (sulfide) groups is 1. The maximum atomic E-state index is 12.5. The van der Waals surface area contributed by atoms with Crippen molar-refractivity contribution < 1.29 is 14.4 Å². The van der Waals surface area contributed by atoms with Crippen LogP contribution in [0.4, 0.5) is 4.79 Å². The smallest absolute Gasteiger partial charge is 0.293 e. The van der Waals surface area contributed by atoms with Gasteiger partial charge < -0.3 is 5.32 Å². The molecule has 1 fully saturated rings. The summed E-state index contributed by atoms with van der Waals surface area (Å²) in [5.74, 6) is -0.627. The Kier molecular flexibility index (Phi) is 6.26. The first-order valence-electron chi connectivity index (χ1n) is 7.90. The second-order valence-corrected chi connectivity index (χ2v) is 8.36. The van der Waals surface area contributed by atoms with E-state index in [-0.39, 0.29) is 29.1 Å². The van der Waals surface area contributed by atoms with Gasteiger partial charge in [0.05, 0.1) is 19.8 Å². The van der Waals surface area contributed by atoms with Crippen LogP contribution in [0.1, 0.15) is 20.8 Å². The van der Waals surface area contributed by atoms with Gasteiger partial charge in [-0.15, -0.1) is 11.3 Å². The van der Waals surface area contributed by atoms with Gasteiger partial charge in [-0.25, -0.2) is 0 Å². The summed E-state index contributed by atoms with van der Waals surface area (Å²) in [6.07, 6.45) is 1.55. The van der Waals surface area contributed by atoms with Crippen molar-refractivity contribution in [2.45, 2.75) is 6.92 Å². The van der Waals surface area contributed by atoms with E-state index in [1.165, 1.54) is 11.3 Å². The summed E-state index contributed by atoms with van der Waals surface area (Å²) < 4.78 is 0. The van der Waals surface area contributed by atoms with E-state index in [1.54, 1.807) is 24.3 Å². The first-order chi connectivity index (χ1) is 12.9. The standard InChI is InChI=1S/C18H14Cl2N2O3S2/c1-10-5-8-26-15(10)16(23)21-6-7-22-17(24)13(27-18(22)25)9-11-3-2-4-12(19)14(11)20/h2-5,8-9H,6-7H2,1H3,(H,21,23)/b13-9-. The number of imide groups is 1. The van der Waals surface area contributed by atoms with E-state index in [0.717, 1.165) is 22.2 Å². The molecule has 0 unspecified atom stereocenters. The number of amides is 3. The lowest BCUT2D eigenvalue weighted by atomic mass is 10.2. The number of thiophene rings is 1. The molecule has 3 amide bonds. The van der Waals surface area contributed by atoms with Gasteiger partial charge in [0.1, 0.15) is 0 Å². The highest BCUT2D eigenvalue weighted by molar-refractivity contribution is 8.18. The zero-order chi connectivity index (χ0) is 19.6. The number of nitrogens with zero attached hydrogens (tertiary/aromatic N) is 1. The van der Waals surface area contributed by atoms with Gasteiger partial charge in [0.25, 0.3) is 17.1 Å². The first-order valence-corrected chi connectivity index (χ1v) is 10.4. The molecule has 2 heterocycles. The SMILES string of the molecule is Cc1ccsc1C(=O)NCCN1C(=O)S/C(=C\c2cccc(Cl)c2Cl)C1=O. The fourth-order valence-corrected chi connectivity index (χ4v) is 4.49. The van der Waals surface area contributed by atoms with Gasteiger partial charge >= 0.3 is 0 Å². The van der Waals surface area contributed by atoms with Gasteiger partial charge in [-0.2, -0.15) is 0 Å². The average molecular weight is 441 g/mol. The van der Waals surface area contributed by atoms with Crippen LogP contribution in [0.2, 0.25) is 10.0 Å². The summed E-state index contributed by atoms with van der Waals surface area (Å²) in [5.41, 5.74) is 1.46. The van der Waals surface area contributed by atoms with Crippen molar-refractivity contribution in [2.24, 2.45) is 0 Å². The van der Waals surface area contributed by atoms with Crippen LogP contribution in [0.3, 0.4) is 0 Å². The summed E-state index contributed by atoms with van der Waals surface area (Å²) in [6, 6.07) is 6.94. The van der Waals surface area contributed by atoms with E-state index in [9.17, 15) is 14.4 Å². The molecule has 0 atom stereocenters. The summed E-state index contributed by atoms with van der Waals surface area (Å²) in [4.78, 5) is 38.8. The monoisotopic (exact) mass is 440 g/mol. The van der Waals surface area contributed by atoms with Gasteiger partial charge in [0.15, 0.2) is 0 Å². The third kappa shape index (κ3) is 4.38. The van der Waals surface area contributed by atoms with E-state index >= 15 is 0 Å². The molecule has 0 aliphatic carbocycles. The number of hydrogen-bond acceptors (Lipinski definition) is 5. The van der Waals surface area contributed by atoms with Gasteiger partial charge in [-0.05, 0) is 53.4 Å². The third-order valence-electron chi connectivity index (χ3n) is 3.83. The van der Waals surface area contributed by atoms with E-state index in [0.29, 0.717) is 20.5 Å². The minimum atomic E-state index is -0.414. The minimum absolute atomic E-state index is 0.0987. The van der Waals surface area contributed by atoms with Gasteiger partial charge in [-0.3, -0.25) is 19.3 Å². The molecule has 5 nitrogen and oxygen atoms in total. The van der Waals surface area contributed by atoms with Crippen LogP contribution < -0.4 is 5.32 Å². The molecule has 140 valence electrons. The number of halogens is 2. The lowest BCUT2D eigenvalue weighted by Gasteiger charge is -2.12. The van der Waals surface area contributed by atoms with Crippen LogP contribution in [0.15, 0.2) is 34.6 Å². The van der Waals surface area contributed by atoms with E-state index in [4.69, 9.17) is 23.2 Å². The second kappa shape index (κ2) is 8.48. The van der Waals surface area contributed by atoms with Crippen molar-refractivity contribution in [3.05, 3.63) is 60.6 Å². The molecule has 1 aromatic carbocycles. The minimum Gasteiger partial charge on any atom is -0.350 e. The lowest BCUT2D eigenvalue weighted by molar-refractivity contribution is -0.122. The molecule has 1 aliphatic heterocycles. The highest BCUT2D eigenvalue weighted by atomic mass is 35.5. The molecule has 3 rings (SSSR count). The van der Waals surface area contributed by atoms with Gasteiger partial charge in [-0.1, -0.05) is 35.3 Å². The zero-order valence-corrected chi connectivity index (χ0v) is 17.3. The predicted molar refractivity (Wildman–Crippen MR) is 111 cm³/mol. The van der Waals surface area contributed by atoms with Crippen molar-refractivity contribution in [3.63, 3.8) is 0 Å². The van der Waals surface area contributed by atoms with Crippen molar-refractivity contribution in [3.8, 4) is 0 Å². The quantitative estimate of drug-likeness (QED) is 0.675. The fraction of sp³-hybridized carbons (Fsp3) is 0.167. The topological polar surface area (TPSA) is 66.5 Å². The average Bonchev–Trinajstić information content (AvgIpc) is 3.17. The van der Waals surface area contributed by atoms with Crippen LogP contribution in [-0.4, -0.2) is 35.0 Å². The van der Waals surface area contributed by atoms with E-state index in [2.05, 4.69) is 5.32 Å². The Morgan fingerprint density at radius 3 is 2.74 bits per heavy atom. The largest absolute Gasteiger partial charge is 0.350 e. The molecule has 9 heteroatoms. The van der Waals surface area contributed by atoms with Crippen LogP contribution in [0, 0.1) is 6.92 Å². The molecule has 27 heavy (non-hydrogen) atoms. The molecule has 1 aliphatic rings. The Balaban J connectivity index is 1.64. The molecule has 0 radical (unpaired) electrons. The van der Waals surface area contributed by atoms with E-state index < -0.39 is 5.91 Å². The Labute approximate surface area is 174 Å². The number of nitrogens with one attached hydrogen (secondary N) is 1. The third-order valence-corrected chi connectivity index (χ3v) is 6.59. The zero-order valence-electron chi connectivity index (χ0n) is 14.1. The molecule has 0 saturated carbocycles. The molecule has 0 spiro atoms. The number of hydrogen-bond donors (Lipinski definition) is 1. The molecule has 2 aromatic rings. The number of carbonyl (C=O) groups is 3. The molecule has 0 bridgehead atoms. The van der Waals surface area contributed by atoms with Crippen molar-refractivity contribution >= 4 is 69.4 Å². The fourth-order valence-electron chi connectivity index (χ4n) is 2.43. The maximum Gasteiger partial charge on any atom is 0.293 e. The predicted octanol–water partition coefficient (Wildman–Crippen LogP) is 4.83. The number of rotatable bonds is 5. The first kappa shape index (κ1) is 19.9. The molecule has 1 N–H and O–H groups in total. The van der Waals surface area contributed by atoms with Crippen LogP contribution >= 0.6 is 46.3 Å². The lowest BCUT2D eigenvalue weighted by Crippen LogP contribution is -2.37. The second-order valence-electron chi connectivity index (χ2n) is 5.67. The number of benzene rings is 1. The molecule has 1 saturated heterocycles. The normalized spacial score (nSPS) is 15.7. The van der Waals surface area contributed by atoms with Crippen LogP contribution in [-0.2, 0) is 4.79 Å². The van der Waals surface area contributed by atoms with E-state index in [1.807, 2.05) is 18.4 Å². The summed E-state index contributed by atoms with van der Waals surface area (Å²) in [6.45, 7) is 2.13. The Morgan fingerprint density at radius 2 is 2.04 bits per heavy atom. The maximum absolute atomic E-state index is 12.5. The van der Waals surface area contributed by atoms with Crippen molar-refractivity contribution in [1.82, 2.24) is 10.2 Å². The Bertz CT molecular complexity index is 956. The number of aryl methyl sites for hydroxylation is 1. The number of carbonyl (C=O) groups excluding carboxylic acids is 3. The Morgan fingerprint density at radius 1 is 1.26 bits per heavy atom. The summed E-state index contributed by atoms with van der Waals surface area (Å²) in [5, 5.41) is 4.88. The Hall–Kier alpha value is -1.80. The molecule has 1 aromatic heterocycles. The van der Waals surface area contributed by atoms with Gasteiger partial charge in [0, 0.05) is 13.1 Å². The van der Waals surface area contributed by atoms with Gasteiger partial charge in [0.2, 0.25) is 0 Å². The highest BCUT2D eigenvalue weighted by Crippen LogP contribution is 2.34. The highest BCUT2D eigenvalue weighted by Gasteiger charge is 2.34. The summed E-state index contributed by atoms with van der Waals surface area (Å²) >= 11 is 14.3. The van der Waals surface area contributed by atoms with Crippen LogP contribution in [0.5, 0.6) is 0 Å².